The Morgan fingerprint density at radius 3 is 2.13 bits per heavy atom. The molecular weight excluding hydrogens is 388 g/mol. The van der Waals surface area contributed by atoms with Crippen LogP contribution in [0, 0.1) is 0 Å². The Morgan fingerprint density at radius 1 is 0.871 bits per heavy atom. The number of hydrogen-bond acceptors (Lipinski definition) is 3. The number of rotatable bonds is 7. The Balaban J connectivity index is 1.21. The Hall–Kier alpha value is -2.70. The fraction of sp³-hybridized carbons (Fsp3) is 0.440. The highest BCUT2D eigenvalue weighted by Gasteiger charge is 2.22. The average molecular weight is 423 g/mol. The number of nitrogens with one attached hydrogen (secondary N) is 3. The van der Waals surface area contributed by atoms with E-state index in [0.29, 0.717) is 6.54 Å². The highest BCUT2D eigenvalue weighted by molar-refractivity contribution is 5.94. The lowest BCUT2D eigenvalue weighted by Crippen LogP contribution is -3.15. The van der Waals surface area contributed by atoms with Crippen LogP contribution in [0.15, 0.2) is 48.5 Å². The number of Topliss-reactive ketones (excluding diaryl/α,β-unsaturated/α-hetero) is 1. The SMILES string of the molecule is CC(=O)c1ccc(N2CC[NH+](CC(=O)Nc3ccc(C[NH+]4CCCC4)cc3)CC2)cc1. The largest absolute Gasteiger partial charge is 0.360 e. The first-order chi connectivity index (χ1) is 15.1. The summed E-state index contributed by atoms with van der Waals surface area (Å²) >= 11 is 0. The molecule has 2 aliphatic rings. The van der Waals surface area contributed by atoms with Gasteiger partial charge in [0.1, 0.15) is 6.54 Å². The molecule has 1 amide bonds. The molecule has 0 saturated carbocycles. The van der Waals surface area contributed by atoms with Gasteiger partial charge in [-0.3, -0.25) is 9.59 Å². The summed E-state index contributed by atoms with van der Waals surface area (Å²) < 4.78 is 0. The van der Waals surface area contributed by atoms with E-state index in [1.165, 1.54) is 36.4 Å². The Kier molecular flexibility index (Phi) is 6.99. The molecule has 0 bridgehead atoms. The van der Waals surface area contributed by atoms with Crippen LogP contribution in [-0.2, 0) is 11.3 Å². The zero-order valence-electron chi connectivity index (χ0n) is 18.5. The van der Waals surface area contributed by atoms with Gasteiger partial charge in [0, 0.05) is 35.3 Å². The van der Waals surface area contributed by atoms with E-state index >= 15 is 0 Å². The Morgan fingerprint density at radius 2 is 1.52 bits per heavy atom. The van der Waals surface area contributed by atoms with Gasteiger partial charge in [0.05, 0.1) is 39.3 Å². The smallest absolute Gasteiger partial charge is 0.279 e. The van der Waals surface area contributed by atoms with E-state index in [9.17, 15) is 9.59 Å². The molecule has 4 rings (SSSR count). The second kappa shape index (κ2) is 10.1. The van der Waals surface area contributed by atoms with Gasteiger partial charge in [-0.2, -0.15) is 0 Å². The highest BCUT2D eigenvalue weighted by Crippen LogP contribution is 2.15. The summed E-state index contributed by atoms with van der Waals surface area (Å²) in [5, 5.41) is 3.06. The normalized spacial score (nSPS) is 17.6. The molecule has 0 radical (unpaired) electrons. The summed E-state index contributed by atoms with van der Waals surface area (Å²) in [4.78, 5) is 29.3. The van der Waals surface area contributed by atoms with Crippen LogP contribution < -0.4 is 20.0 Å². The fourth-order valence-electron chi connectivity index (χ4n) is 4.64. The maximum absolute atomic E-state index is 12.5. The quantitative estimate of drug-likeness (QED) is 0.567. The molecular formula is C25H34N4O2+2. The van der Waals surface area contributed by atoms with Crippen molar-refractivity contribution in [3.63, 3.8) is 0 Å². The van der Waals surface area contributed by atoms with E-state index in [-0.39, 0.29) is 11.7 Å². The van der Waals surface area contributed by atoms with Crippen molar-refractivity contribution in [1.82, 2.24) is 0 Å². The van der Waals surface area contributed by atoms with Gasteiger partial charge >= 0.3 is 0 Å². The molecule has 2 aliphatic heterocycles. The van der Waals surface area contributed by atoms with Crippen molar-refractivity contribution in [3.8, 4) is 0 Å². The van der Waals surface area contributed by atoms with Gasteiger partial charge in [-0.05, 0) is 43.3 Å². The standard InChI is InChI=1S/C25H32N4O2/c1-20(30)22-6-10-24(11-7-22)29-16-14-28(15-17-29)19-25(31)26-23-8-4-21(5-9-23)18-27-12-2-3-13-27/h4-11H,2-3,12-19H2,1H3,(H,26,31)/p+2. The Labute approximate surface area is 184 Å². The molecule has 164 valence electrons. The lowest BCUT2D eigenvalue weighted by Gasteiger charge is -2.33. The molecule has 0 unspecified atom stereocenters. The third-order valence-corrected chi connectivity index (χ3v) is 6.52. The number of ketones is 1. The zero-order chi connectivity index (χ0) is 21.6. The van der Waals surface area contributed by atoms with Gasteiger partial charge in [0.25, 0.3) is 5.91 Å². The Bertz CT molecular complexity index is 881. The molecule has 0 aliphatic carbocycles. The minimum absolute atomic E-state index is 0.0761. The van der Waals surface area contributed by atoms with E-state index in [1.54, 1.807) is 11.8 Å². The first-order valence-corrected chi connectivity index (χ1v) is 11.5. The van der Waals surface area contributed by atoms with Crippen molar-refractivity contribution < 1.29 is 19.4 Å². The van der Waals surface area contributed by atoms with Crippen molar-refractivity contribution in [2.24, 2.45) is 0 Å². The van der Waals surface area contributed by atoms with Gasteiger partial charge in [-0.1, -0.05) is 12.1 Å². The molecule has 2 aromatic rings. The van der Waals surface area contributed by atoms with Gasteiger partial charge in [-0.25, -0.2) is 0 Å². The minimum atomic E-state index is 0.0761. The molecule has 0 atom stereocenters. The van der Waals surface area contributed by atoms with Crippen LogP contribution >= 0.6 is 0 Å². The van der Waals surface area contributed by atoms with E-state index in [0.717, 1.165) is 49.7 Å². The van der Waals surface area contributed by atoms with Crippen LogP contribution in [-0.4, -0.2) is 57.5 Å². The number of carbonyl (C=O) groups excluding carboxylic acids is 2. The van der Waals surface area contributed by atoms with Crippen molar-refractivity contribution in [2.75, 3.05) is 56.0 Å². The van der Waals surface area contributed by atoms with E-state index in [2.05, 4.69) is 22.3 Å². The number of amides is 1. The molecule has 0 spiro atoms. The third kappa shape index (κ3) is 5.93. The fourth-order valence-corrected chi connectivity index (χ4v) is 4.64. The molecule has 2 saturated heterocycles. The number of nitrogens with zero attached hydrogens (tertiary/aromatic N) is 1. The van der Waals surface area contributed by atoms with Crippen LogP contribution in [0.5, 0.6) is 0 Å². The predicted molar refractivity (Wildman–Crippen MR) is 123 cm³/mol. The average Bonchev–Trinajstić information content (AvgIpc) is 3.29. The maximum atomic E-state index is 12.5. The second-order valence-corrected chi connectivity index (χ2v) is 8.90. The van der Waals surface area contributed by atoms with Crippen LogP contribution in [0.4, 0.5) is 11.4 Å². The number of benzene rings is 2. The molecule has 3 N–H and O–H groups in total. The van der Waals surface area contributed by atoms with E-state index < -0.39 is 0 Å². The van der Waals surface area contributed by atoms with Gasteiger partial charge in [0.2, 0.25) is 0 Å². The van der Waals surface area contributed by atoms with Crippen LogP contribution in [0.1, 0.15) is 35.7 Å². The molecule has 2 heterocycles. The highest BCUT2D eigenvalue weighted by atomic mass is 16.2. The summed E-state index contributed by atoms with van der Waals surface area (Å²) in [6.07, 6.45) is 2.68. The third-order valence-electron chi connectivity index (χ3n) is 6.52. The van der Waals surface area contributed by atoms with Gasteiger partial charge in [0.15, 0.2) is 12.3 Å². The number of likely N-dealkylation sites (tertiary alicyclic amines) is 1. The maximum Gasteiger partial charge on any atom is 0.279 e. The molecule has 6 heteroatoms. The number of carbonyl (C=O) groups is 2. The van der Waals surface area contributed by atoms with Crippen molar-refractivity contribution in [3.05, 3.63) is 59.7 Å². The number of piperazine rings is 1. The zero-order valence-corrected chi connectivity index (χ0v) is 18.5. The molecule has 0 aromatic heterocycles. The summed E-state index contributed by atoms with van der Waals surface area (Å²) in [6, 6.07) is 16.2. The summed E-state index contributed by atoms with van der Waals surface area (Å²) in [5.41, 5.74) is 4.11. The van der Waals surface area contributed by atoms with Crippen molar-refractivity contribution in [2.45, 2.75) is 26.3 Å². The molecule has 2 aromatic carbocycles. The molecule has 2 fully saturated rings. The first kappa shape index (κ1) is 21.5. The molecule has 6 nitrogen and oxygen atoms in total. The predicted octanol–water partition coefficient (Wildman–Crippen LogP) is 0.412. The lowest BCUT2D eigenvalue weighted by atomic mass is 10.1. The van der Waals surface area contributed by atoms with Gasteiger partial charge < -0.3 is 20.0 Å². The number of hydrogen-bond donors (Lipinski definition) is 3. The summed E-state index contributed by atoms with van der Waals surface area (Å²) in [7, 11) is 0. The molecule has 31 heavy (non-hydrogen) atoms. The topological polar surface area (TPSA) is 58.3 Å². The minimum Gasteiger partial charge on any atom is -0.360 e. The number of quaternary nitrogens is 2. The van der Waals surface area contributed by atoms with Crippen molar-refractivity contribution >= 4 is 23.1 Å². The summed E-state index contributed by atoms with van der Waals surface area (Å²) in [6.45, 7) is 9.41. The first-order valence-electron chi connectivity index (χ1n) is 11.5. The van der Waals surface area contributed by atoms with Crippen LogP contribution in [0.25, 0.3) is 0 Å². The van der Waals surface area contributed by atoms with Gasteiger partial charge in [-0.15, -0.1) is 0 Å². The van der Waals surface area contributed by atoms with E-state index in [4.69, 9.17) is 0 Å². The second-order valence-electron chi connectivity index (χ2n) is 8.90. The van der Waals surface area contributed by atoms with E-state index in [1.807, 2.05) is 36.4 Å². The van der Waals surface area contributed by atoms with Crippen LogP contribution in [0.3, 0.4) is 0 Å². The summed E-state index contributed by atoms with van der Waals surface area (Å²) in [5.74, 6) is 0.168. The van der Waals surface area contributed by atoms with Crippen molar-refractivity contribution in [1.29, 1.82) is 0 Å². The number of anilines is 2. The van der Waals surface area contributed by atoms with Crippen LogP contribution in [0.2, 0.25) is 0 Å². The monoisotopic (exact) mass is 422 g/mol. The lowest BCUT2D eigenvalue weighted by molar-refractivity contribution is -0.901.